The maximum absolute atomic E-state index is 13.0. The molecule has 2 heterocycles. The molecule has 0 unspecified atom stereocenters. The number of carbonyl (C=O) groups excluding carboxylic acids is 1. The van der Waals surface area contributed by atoms with E-state index in [0.29, 0.717) is 40.2 Å². The molecule has 2 aromatic carbocycles. The van der Waals surface area contributed by atoms with E-state index in [0.717, 1.165) is 17.5 Å². The Morgan fingerprint density at radius 1 is 1.00 bits per heavy atom. The fourth-order valence-corrected chi connectivity index (χ4v) is 4.41. The number of aryl methyl sites for hydroxylation is 3. The number of fused-ring (bicyclic) bond motifs is 1. The molecular formula is C24H22N2O3S. The van der Waals surface area contributed by atoms with Gasteiger partial charge in [-0.3, -0.25) is 9.36 Å². The molecule has 0 aliphatic heterocycles. The summed E-state index contributed by atoms with van der Waals surface area (Å²) >= 11 is 1.22. The second-order valence-electron chi connectivity index (χ2n) is 7.09. The van der Waals surface area contributed by atoms with Gasteiger partial charge in [-0.05, 0) is 30.0 Å². The van der Waals surface area contributed by atoms with Crippen LogP contribution in [-0.2, 0) is 24.1 Å². The third-order valence-corrected chi connectivity index (χ3v) is 6.23. The van der Waals surface area contributed by atoms with Gasteiger partial charge in [0.1, 0.15) is 9.71 Å². The predicted octanol–water partition coefficient (Wildman–Crippen LogP) is 4.41. The Labute approximate surface area is 178 Å². The van der Waals surface area contributed by atoms with Gasteiger partial charge in [-0.15, -0.1) is 11.3 Å². The van der Waals surface area contributed by atoms with Crippen molar-refractivity contribution in [3.8, 4) is 0 Å². The number of ether oxygens (including phenoxy) is 1. The Balaban J connectivity index is 1.49. The van der Waals surface area contributed by atoms with E-state index in [1.54, 1.807) is 17.8 Å². The molecular weight excluding hydrogens is 396 g/mol. The van der Waals surface area contributed by atoms with Crippen molar-refractivity contribution >= 4 is 27.5 Å². The fourth-order valence-electron chi connectivity index (χ4n) is 3.38. The van der Waals surface area contributed by atoms with Crippen LogP contribution in [0.4, 0.5) is 0 Å². The molecule has 0 saturated heterocycles. The van der Waals surface area contributed by atoms with Gasteiger partial charge in [-0.25, -0.2) is 9.78 Å². The molecule has 6 heteroatoms. The van der Waals surface area contributed by atoms with E-state index in [-0.39, 0.29) is 5.56 Å². The summed E-state index contributed by atoms with van der Waals surface area (Å²) in [4.78, 5) is 31.0. The van der Waals surface area contributed by atoms with Crippen molar-refractivity contribution in [1.29, 1.82) is 0 Å². The molecule has 0 aliphatic rings. The first-order valence-corrected chi connectivity index (χ1v) is 10.7. The standard InChI is InChI=1S/C24H22N2O3S/c1-17-20-22(25-16-26(23(20)27)14-12-18-8-4-2-5-9-18)30-21(17)24(28)29-15-13-19-10-6-3-7-11-19/h2-11,16H,12-15H2,1H3. The van der Waals surface area contributed by atoms with Gasteiger partial charge in [0.2, 0.25) is 0 Å². The minimum absolute atomic E-state index is 0.118. The molecule has 30 heavy (non-hydrogen) atoms. The van der Waals surface area contributed by atoms with Crippen LogP contribution in [-0.4, -0.2) is 22.1 Å². The first-order chi connectivity index (χ1) is 14.6. The van der Waals surface area contributed by atoms with Crippen molar-refractivity contribution in [1.82, 2.24) is 9.55 Å². The largest absolute Gasteiger partial charge is 0.461 e. The van der Waals surface area contributed by atoms with Gasteiger partial charge in [0, 0.05) is 13.0 Å². The molecule has 0 radical (unpaired) electrons. The average molecular weight is 419 g/mol. The summed E-state index contributed by atoms with van der Waals surface area (Å²) in [6, 6.07) is 19.9. The lowest BCUT2D eigenvalue weighted by molar-refractivity contribution is 0.0514. The van der Waals surface area contributed by atoms with E-state index in [1.165, 1.54) is 11.3 Å². The van der Waals surface area contributed by atoms with Crippen molar-refractivity contribution in [2.75, 3.05) is 6.61 Å². The molecule has 4 aromatic rings. The number of esters is 1. The Morgan fingerprint density at radius 3 is 2.30 bits per heavy atom. The second-order valence-corrected chi connectivity index (χ2v) is 8.09. The number of nitrogens with zero attached hydrogens (tertiary/aromatic N) is 2. The topological polar surface area (TPSA) is 61.2 Å². The average Bonchev–Trinajstić information content (AvgIpc) is 3.12. The number of hydrogen-bond acceptors (Lipinski definition) is 5. The molecule has 0 N–H and O–H groups in total. The highest BCUT2D eigenvalue weighted by molar-refractivity contribution is 7.20. The van der Waals surface area contributed by atoms with Crippen LogP contribution >= 0.6 is 11.3 Å². The summed E-state index contributed by atoms with van der Waals surface area (Å²) in [6.45, 7) is 2.63. The molecule has 4 rings (SSSR count). The molecule has 0 atom stereocenters. The normalized spacial score (nSPS) is 11.0. The van der Waals surface area contributed by atoms with E-state index in [9.17, 15) is 9.59 Å². The minimum Gasteiger partial charge on any atom is -0.461 e. The SMILES string of the molecule is Cc1c(C(=O)OCCc2ccccc2)sc2ncn(CCc3ccccc3)c(=O)c12. The molecule has 0 fully saturated rings. The number of carbonyl (C=O) groups is 1. The summed E-state index contributed by atoms with van der Waals surface area (Å²) in [7, 11) is 0. The van der Waals surface area contributed by atoms with Gasteiger partial charge in [-0.2, -0.15) is 0 Å². The molecule has 2 aromatic heterocycles. The van der Waals surface area contributed by atoms with E-state index in [1.807, 2.05) is 60.7 Å². The summed E-state index contributed by atoms with van der Waals surface area (Å²) in [5.74, 6) is -0.401. The molecule has 5 nitrogen and oxygen atoms in total. The monoisotopic (exact) mass is 418 g/mol. The van der Waals surface area contributed by atoms with Crippen LogP contribution in [0.1, 0.15) is 26.4 Å². The Bertz CT molecular complexity index is 1210. The summed E-state index contributed by atoms with van der Waals surface area (Å²) in [5, 5.41) is 0.505. The first-order valence-electron chi connectivity index (χ1n) is 9.87. The van der Waals surface area contributed by atoms with Crippen LogP contribution in [0.25, 0.3) is 10.2 Å². The molecule has 0 bridgehead atoms. The number of aromatic nitrogens is 2. The van der Waals surface area contributed by atoms with Gasteiger partial charge in [0.25, 0.3) is 5.56 Å². The lowest BCUT2D eigenvalue weighted by Crippen LogP contribution is -2.21. The van der Waals surface area contributed by atoms with E-state index >= 15 is 0 Å². The number of thiophene rings is 1. The van der Waals surface area contributed by atoms with Crippen molar-refractivity contribution in [2.45, 2.75) is 26.3 Å². The van der Waals surface area contributed by atoms with Crippen molar-refractivity contribution in [3.63, 3.8) is 0 Å². The molecule has 152 valence electrons. The zero-order valence-corrected chi connectivity index (χ0v) is 17.5. The zero-order chi connectivity index (χ0) is 20.9. The van der Waals surface area contributed by atoms with Crippen LogP contribution in [0.15, 0.2) is 71.8 Å². The smallest absolute Gasteiger partial charge is 0.348 e. The molecule has 0 aliphatic carbocycles. The van der Waals surface area contributed by atoms with E-state index in [4.69, 9.17) is 4.74 Å². The van der Waals surface area contributed by atoms with Gasteiger partial charge < -0.3 is 4.74 Å². The highest BCUT2D eigenvalue weighted by Crippen LogP contribution is 2.27. The maximum atomic E-state index is 13.0. The quantitative estimate of drug-likeness (QED) is 0.417. The summed E-state index contributed by atoms with van der Waals surface area (Å²) < 4.78 is 7.06. The van der Waals surface area contributed by atoms with Gasteiger partial charge >= 0.3 is 5.97 Å². The number of rotatable bonds is 7. The second kappa shape index (κ2) is 9.05. The van der Waals surface area contributed by atoms with Crippen LogP contribution in [0, 0.1) is 6.92 Å². The van der Waals surface area contributed by atoms with Crippen LogP contribution in [0.5, 0.6) is 0 Å². The third-order valence-electron chi connectivity index (χ3n) is 5.05. The number of hydrogen-bond donors (Lipinski definition) is 0. The lowest BCUT2D eigenvalue weighted by Gasteiger charge is -2.06. The van der Waals surface area contributed by atoms with Crippen molar-refractivity contribution in [3.05, 3.63) is 98.9 Å². The molecule has 0 spiro atoms. The van der Waals surface area contributed by atoms with Crippen molar-refractivity contribution in [2.24, 2.45) is 0 Å². The summed E-state index contributed by atoms with van der Waals surface area (Å²) in [6.07, 6.45) is 2.96. The molecule has 0 amide bonds. The summed E-state index contributed by atoms with van der Waals surface area (Å²) in [5.41, 5.74) is 2.80. The van der Waals surface area contributed by atoms with E-state index in [2.05, 4.69) is 4.98 Å². The van der Waals surface area contributed by atoms with Crippen molar-refractivity contribution < 1.29 is 9.53 Å². The highest BCUT2D eigenvalue weighted by atomic mass is 32.1. The van der Waals surface area contributed by atoms with Crippen LogP contribution in [0.2, 0.25) is 0 Å². The highest BCUT2D eigenvalue weighted by Gasteiger charge is 2.20. The predicted molar refractivity (Wildman–Crippen MR) is 119 cm³/mol. The third kappa shape index (κ3) is 4.33. The first kappa shape index (κ1) is 20.0. The zero-order valence-electron chi connectivity index (χ0n) is 16.7. The van der Waals surface area contributed by atoms with Gasteiger partial charge in [0.15, 0.2) is 0 Å². The van der Waals surface area contributed by atoms with E-state index < -0.39 is 5.97 Å². The maximum Gasteiger partial charge on any atom is 0.348 e. The van der Waals surface area contributed by atoms with Gasteiger partial charge in [-0.1, -0.05) is 60.7 Å². The van der Waals surface area contributed by atoms with Gasteiger partial charge in [0.05, 0.1) is 18.3 Å². The van der Waals surface area contributed by atoms with Crippen LogP contribution < -0.4 is 5.56 Å². The minimum atomic E-state index is -0.401. The fraction of sp³-hybridized carbons (Fsp3) is 0.208. The Morgan fingerprint density at radius 2 is 1.63 bits per heavy atom. The number of benzene rings is 2. The Hall–Kier alpha value is -3.25. The van der Waals surface area contributed by atoms with Crippen LogP contribution in [0.3, 0.4) is 0 Å². The molecule has 0 saturated carbocycles. The Kier molecular flexibility index (Phi) is 6.05. The lowest BCUT2D eigenvalue weighted by atomic mass is 10.1.